The number of nitrogens with one attached hydrogen (secondary N) is 2. The van der Waals surface area contributed by atoms with Crippen molar-refractivity contribution in [2.75, 3.05) is 6.54 Å². The first-order valence-electron chi connectivity index (χ1n) is 7.06. The van der Waals surface area contributed by atoms with Crippen LogP contribution in [0.1, 0.15) is 15.9 Å². The van der Waals surface area contributed by atoms with Crippen molar-refractivity contribution in [3.8, 4) is 0 Å². The Labute approximate surface area is 147 Å². The first-order valence-corrected chi connectivity index (χ1v) is 7.44. The van der Waals surface area contributed by atoms with E-state index in [1.807, 2.05) is 0 Å². The number of nitro benzene ring substituents is 1. The Morgan fingerprint density at radius 3 is 2.68 bits per heavy atom. The van der Waals surface area contributed by atoms with Gasteiger partial charge in [0.2, 0.25) is 0 Å². The number of halogens is 1. The van der Waals surface area contributed by atoms with Gasteiger partial charge in [-0.05, 0) is 12.1 Å². The number of nitro groups is 1. The lowest BCUT2D eigenvalue weighted by Crippen LogP contribution is -2.35. The quantitative estimate of drug-likeness (QED) is 0.466. The molecule has 0 fully saturated rings. The molecule has 0 aromatic heterocycles. The van der Waals surface area contributed by atoms with Crippen molar-refractivity contribution in [2.45, 2.75) is 0 Å². The third kappa shape index (κ3) is 5.40. The number of carbonyl (C=O) groups excluding carboxylic acids is 2. The fraction of sp³-hybridized carbons (Fsp3) is 0.0625. The van der Waals surface area contributed by atoms with Crippen LogP contribution in [0.3, 0.4) is 0 Å². The number of hydrogen-bond donors (Lipinski definition) is 2. The molecule has 0 aliphatic rings. The summed E-state index contributed by atoms with van der Waals surface area (Å²) in [5.74, 6) is -1.04. The summed E-state index contributed by atoms with van der Waals surface area (Å²) >= 11 is 5.89. The van der Waals surface area contributed by atoms with Gasteiger partial charge in [-0.25, -0.2) is 5.43 Å². The number of carbonyl (C=O) groups is 2. The van der Waals surface area contributed by atoms with Crippen molar-refractivity contribution in [2.24, 2.45) is 5.10 Å². The third-order valence-corrected chi connectivity index (χ3v) is 3.34. The molecule has 0 saturated heterocycles. The largest absolute Gasteiger partial charge is 0.343 e. The molecule has 0 radical (unpaired) electrons. The van der Waals surface area contributed by atoms with Crippen LogP contribution in [0.5, 0.6) is 0 Å². The van der Waals surface area contributed by atoms with E-state index in [-0.39, 0.29) is 22.8 Å². The van der Waals surface area contributed by atoms with E-state index in [1.54, 1.807) is 24.3 Å². The molecule has 0 bridgehead atoms. The molecule has 25 heavy (non-hydrogen) atoms. The molecule has 0 aliphatic carbocycles. The predicted octanol–water partition coefficient (Wildman–Crippen LogP) is 2.13. The third-order valence-electron chi connectivity index (χ3n) is 3.01. The van der Waals surface area contributed by atoms with Crippen LogP contribution >= 0.6 is 11.6 Å². The lowest BCUT2D eigenvalue weighted by Gasteiger charge is -2.05. The topological polar surface area (TPSA) is 114 Å². The average Bonchev–Trinajstić information content (AvgIpc) is 2.60. The van der Waals surface area contributed by atoms with Crippen molar-refractivity contribution in [3.63, 3.8) is 0 Å². The zero-order chi connectivity index (χ0) is 18.2. The minimum atomic E-state index is -0.554. The number of nitrogens with zero attached hydrogens (tertiary/aromatic N) is 2. The molecule has 2 N–H and O–H groups in total. The van der Waals surface area contributed by atoms with Crippen molar-refractivity contribution in [3.05, 3.63) is 74.8 Å². The molecular weight excluding hydrogens is 348 g/mol. The van der Waals surface area contributed by atoms with Crippen molar-refractivity contribution >= 4 is 35.3 Å². The fourth-order valence-corrected chi connectivity index (χ4v) is 2.06. The van der Waals surface area contributed by atoms with Crippen LogP contribution in [-0.2, 0) is 4.79 Å². The summed E-state index contributed by atoms with van der Waals surface area (Å²) in [6, 6.07) is 12.2. The molecule has 9 heteroatoms. The minimum absolute atomic E-state index is 0.0812. The smallest absolute Gasteiger partial charge is 0.270 e. The van der Waals surface area contributed by atoms with E-state index in [2.05, 4.69) is 15.8 Å². The number of rotatable bonds is 6. The van der Waals surface area contributed by atoms with Gasteiger partial charge in [0.15, 0.2) is 0 Å². The monoisotopic (exact) mass is 360 g/mol. The molecule has 0 heterocycles. The standard InChI is InChI=1S/C16H13ClN4O4/c17-14-7-2-1-6-13(14)16(23)18-10-15(22)20-19-9-11-4-3-5-12(8-11)21(24)25/h1-9H,10H2,(H,18,23)(H,20,22)/b19-9+. The normalized spacial score (nSPS) is 10.4. The van der Waals surface area contributed by atoms with E-state index in [9.17, 15) is 19.7 Å². The second-order valence-electron chi connectivity index (χ2n) is 4.81. The van der Waals surface area contributed by atoms with E-state index in [4.69, 9.17) is 11.6 Å². The zero-order valence-electron chi connectivity index (χ0n) is 12.8. The van der Waals surface area contributed by atoms with Crippen LogP contribution in [0.4, 0.5) is 5.69 Å². The first kappa shape index (κ1) is 18.1. The molecule has 0 spiro atoms. The van der Waals surface area contributed by atoms with Crippen LogP contribution in [0.25, 0.3) is 0 Å². The number of non-ortho nitro benzene ring substituents is 1. The molecule has 0 atom stereocenters. The van der Waals surface area contributed by atoms with Gasteiger partial charge in [-0.1, -0.05) is 35.9 Å². The van der Waals surface area contributed by atoms with Gasteiger partial charge in [0.1, 0.15) is 0 Å². The Hall–Kier alpha value is -3.26. The van der Waals surface area contributed by atoms with Crippen LogP contribution in [0.2, 0.25) is 5.02 Å². The Morgan fingerprint density at radius 2 is 1.96 bits per heavy atom. The number of hydrogen-bond acceptors (Lipinski definition) is 5. The maximum atomic E-state index is 11.9. The molecule has 0 saturated carbocycles. The average molecular weight is 361 g/mol. The second kappa shape index (κ2) is 8.55. The molecular formula is C16H13ClN4O4. The van der Waals surface area contributed by atoms with Gasteiger partial charge in [-0.2, -0.15) is 5.10 Å². The summed E-state index contributed by atoms with van der Waals surface area (Å²) < 4.78 is 0. The summed E-state index contributed by atoms with van der Waals surface area (Å²) in [4.78, 5) is 33.7. The summed E-state index contributed by atoms with van der Waals surface area (Å²) in [6.07, 6.45) is 1.26. The van der Waals surface area contributed by atoms with Gasteiger partial charge in [-0.15, -0.1) is 0 Å². The Balaban J connectivity index is 1.84. The van der Waals surface area contributed by atoms with Crippen LogP contribution in [0.15, 0.2) is 53.6 Å². The van der Waals surface area contributed by atoms with Gasteiger partial charge in [0, 0.05) is 17.7 Å². The molecule has 0 aliphatic heterocycles. The van der Waals surface area contributed by atoms with E-state index in [0.29, 0.717) is 5.56 Å². The highest BCUT2D eigenvalue weighted by molar-refractivity contribution is 6.33. The van der Waals surface area contributed by atoms with Crippen molar-refractivity contribution < 1.29 is 14.5 Å². The van der Waals surface area contributed by atoms with Gasteiger partial charge in [0.25, 0.3) is 17.5 Å². The van der Waals surface area contributed by atoms with E-state index in [0.717, 1.165) is 0 Å². The molecule has 0 unspecified atom stereocenters. The highest BCUT2D eigenvalue weighted by atomic mass is 35.5. The Morgan fingerprint density at radius 1 is 1.20 bits per heavy atom. The number of hydrazone groups is 1. The summed E-state index contributed by atoms with van der Waals surface area (Å²) in [7, 11) is 0. The number of amides is 2. The molecule has 128 valence electrons. The van der Waals surface area contributed by atoms with Crippen molar-refractivity contribution in [1.29, 1.82) is 0 Å². The molecule has 8 nitrogen and oxygen atoms in total. The summed E-state index contributed by atoms with van der Waals surface area (Å²) in [6.45, 7) is -0.295. The predicted molar refractivity (Wildman–Crippen MR) is 92.6 cm³/mol. The second-order valence-corrected chi connectivity index (χ2v) is 5.21. The number of benzene rings is 2. The van der Waals surface area contributed by atoms with Crippen LogP contribution in [-0.4, -0.2) is 29.5 Å². The van der Waals surface area contributed by atoms with Gasteiger partial charge in [-0.3, -0.25) is 19.7 Å². The van der Waals surface area contributed by atoms with Crippen LogP contribution in [0, 0.1) is 10.1 Å². The van der Waals surface area contributed by atoms with Crippen LogP contribution < -0.4 is 10.7 Å². The summed E-state index contributed by atoms with van der Waals surface area (Å²) in [5, 5.41) is 17.0. The van der Waals surface area contributed by atoms with E-state index in [1.165, 1.54) is 30.5 Å². The Bertz CT molecular complexity index is 838. The zero-order valence-corrected chi connectivity index (χ0v) is 13.6. The van der Waals surface area contributed by atoms with E-state index >= 15 is 0 Å². The van der Waals surface area contributed by atoms with Gasteiger partial charge < -0.3 is 5.32 Å². The summed E-state index contributed by atoms with van der Waals surface area (Å²) in [5.41, 5.74) is 2.85. The van der Waals surface area contributed by atoms with Gasteiger partial charge in [0.05, 0.1) is 28.3 Å². The highest BCUT2D eigenvalue weighted by Gasteiger charge is 2.10. The molecule has 2 amide bonds. The maximum absolute atomic E-state index is 11.9. The fourth-order valence-electron chi connectivity index (χ4n) is 1.84. The van der Waals surface area contributed by atoms with E-state index < -0.39 is 16.7 Å². The molecule has 2 aromatic rings. The lowest BCUT2D eigenvalue weighted by molar-refractivity contribution is -0.384. The Kier molecular flexibility index (Phi) is 6.19. The molecule has 2 aromatic carbocycles. The molecule has 2 rings (SSSR count). The first-order chi connectivity index (χ1) is 12.0. The van der Waals surface area contributed by atoms with Gasteiger partial charge >= 0.3 is 0 Å². The minimum Gasteiger partial charge on any atom is -0.343 e. The highest BCUT2D eigenvalue weighted by Crippen LogP contribution is 2.14. The SMILES string of the molecule is O=C(CNC(=O)c1ccccc1Cl)N/N=C/c1cccc([N+](=O)[O-])c1. The van der Waals surface area contributed by atoms with Crippen molar-refractivity contribution in [1.82, 2.24) is 10.7 Å². The maximum Gasteiger partial charge on any atom is 0.270 e. The lowest BCUT2D eigenvalue weighted by atomic mass is 10.2.